The third kappa shape index (κ3) is 5.50. The maximum Gasteiger partial charge on any atom is 0.495 e. The summed E-state index contributed by atoms with van der Waals surface area (Å²) in [5.74, 6) is -0.0969. The van der Waals surface area contributed by atoms with Crippen LogP contribution in [0.4, 0.5) is 9.59 Å². The Labute approximate surface area is 219 Å². The highest BCUT2D eigenvalue weighted by Gasteiger charge is 2.52. The fraction of sp³-hybridized carbons (Fsp3) is 0.667. The van der Waals surface area contributed by atoms with Crippen LogP contribution in [0, 0.1) is 0 Å². The minimum Gasteiger partial charge on any atom is -0.444 e. The van der Waals surface area contributed by atoms with E-state index in [1.54, 1.807) is 15.7 Å². The van der Waals surface area contributed by atoms with Crippen LogP contribution in [-0.4, -0.2) is 69.2 Å². The molecule has 0 aromatic carbocycles. The molecule has 2 aliphatic rings. The number of rotatable bonds is 2. The Balaban J connectivity index is 1.76. The molecule has 0 bridgehead atoms. The number of carbonyl (C=O) groups is 2. The maximum absolute atomic E-state index is 13.5. The molecule has 0 radical (unpaired) electrons. The second-order valence-electron chi connectivity index (χ2n) is 13.0. The molecule has 1 unspecified atom stereocenters. The van der Waals surface area contributed by atoms with E-state index in [0.29, 0.717) is 25.2 Å². The molecule has 2 fully saturated rings. The van der Waals surface area contributed by atoms with E-state index < -0.39 is 35.6 Å². The minimum absolute atomic E-state index is 0.0969. The summed E-state index contributed by atoms with van der Waals surface area (Å²) in [4.78, 5) is 32.5. The smallest absolute Gasteiger partial charge is 0.444 e. The number of likely N-dealkylation sites (tertiary alicyclic amines) is 1. The van der Waals surface area contributed by atoms with Crippen LogP contribution in [0.1, 0.15) is 87.3 Å². The number of hydrogen-bond donors (Lipinski definition) is 0. The average molecular weight is 513 g/mol. The molecular formula is C27H40BN3O6. The van der Waals surface area contributed by atoms with Gasteiger partial charge in [0.25, 0.3) is 0 Å². The van der Waals surface area contributed by atoms with Gasteiger partial charge in [0.15, 0.2) is 0 Å². The summed E-state index contributed by atoms with van der Waals surface area (Å²) in [5, 5.41) is 0.762. The highest BCUT2D eigenvalue weighted by atomic mass is 16.7. The van der Waals surface area contributed by atoms with Crippen molar-refractivity contribution >= 4 is 35.8 Å². The number of aromatic nitrogens is 2. The molecule has 2 aromatic rings. The van der Waals surface area contributed by atoms with E-state index in [0.717, 1.165) is 16.5 Å². The molecule has 202 valence electrons. The molecule has 0 saturated carbocycles. The maximum atomic E-state index is 13.5. The molecule has 9 nitrogen and oxygen atoms in total. The van der Waals surface area contributed by atoms with Crippen molar-refractivity contribution in [1.29, 1.82) is 0 Å². The Bertz CT molecular complexity index is 1190. The zero-order chi connectivity index (χ0) is 27.6. The lowest BCUT2D eigenvalue weighted by Crippen LogP contribution is -2.41. The number of nitrogens with zero attached hydrogens (tertiary/aromatic N) is 3. The summed E-state index contributed by atoms with van der Waals surface area (Å²) in [6.07, 6.45) is 1.48. The van der Waals surface area contributed by atoms with Gasteiger partial charge in [-0.25, -0.2) is 19.1 Å². The monoisotopic (exact) mass is 513 g/mol. The Morgan fingerprint density at radius 1 is 1.00 bits per heavy atom. The summed E-state index contributed by atoms with van der Waals surface area (Å²) >= 11 is 0. The normalized spacial score (nSPS) is 21.5. The second-order valence-corrected chi connectivity index (χ2v) is 13.0. The van der Waals surface area contributed by atoms with E-state index in [9.17, 15) is 9.59 Å². The van der Waals surface area contributed by atoms with Crippen LogP contribution in [0.2, 0.25) is 0 Å². The SMILES string of the molecule is CC(C)(C)OC(=O)N1CCC(c2cc3c(B4OC(C)(C)C(C)(C)O4)ccnc3n2C(=O)OC(C)(C)C)C1. The van der Waals surface area contributed by atoms with Gasteiger partial charge >= 0.3 is 19.3 Å². The molecule has 2 saturated heterocycles. The molecule has 1 atom stereocenters. The van der Waals surface area contributed by atoms with Gasteiger partial charge in [-0.05, 0) is 93.3 Å². The number of pyridine rings is 1. The summed E-state index contributed by atoms with van der Waals surface area (Å²) in [6.45, 7) is 20.0. The lowest BCUT2D eigenvalue weighted by molar-refractivity contribution is 0.00578. The van der Waals surface area contributed by atoms with Crippen LogP contribution in [0.25, 0.3) is 11.0 Å². The zero-order valence-corrected chi connectivity index (χ0v) is 23.8. The van der Waals surface area contributed by atoms with Crippen molar-refractivity contribution in [2.45, 2.75) is 104 Å². The molecule has 2 aliphatic heterocycles. The van der Waals surface area contributed by atoms with Crippen LogP contribution >= 0.6 is 0 Å². The number of fused-ring (bicyclic) bond motifs is 1. The van der Waals surface area contributed by atoms with Crippen LogP contribution in [0.5, 0.6) is 0 Å². The lowest BCUT2D eigenvalue weighted by Gasteiger charge is -2.32. The average Bonchev–Trinajstić information content (AvgIpc) is 3.39. The summed E-state index contributed by atoms with van der Waals surface area (Å²) in [7, 11) is -0.611. The van der Waals surface area contributed by atoms with Crippen molar-refractivity contribution in [2.75, 3.05) is 13.1 Å². The van der Waals surface area contributed by atoms with Crippen molar-refractivity contribution in [2.24, 2.45) is 0 Å². The first-order chi connectivity index (χ1) is 16.9. The van der Waals surface area contributed by atoms with Crippen LogP contribution in [0.3, 0.4) is 0 Å². The molecule has 37 heavy (non-hydrogen) atoms. The van der Waals surface area contributed by atoms with Gasteiger partial charge in [0.05, 0.1) is 11.2 Å². The van der Waals surface area contributed by atoms with Crippen molar-refractivity contribution in [3.05, 3.63) is 24.0 Å². The van der Waals surface area contributed by atoms with Gasteiger partial charge in [-0.3, -0.25) is 0 Å². The Kier molecular flexibility index (Phi) is 6.69. The van der Waals surface area contributed by atoms with Crippen LogP contribution in [-0.2, 0) is 18.8 Å². The van der Waals surface area contributed by atoms with Gasteiger partial charge in [-0.1, -0.05) is 0 Å². The Morgan fingerprint density at radius 2 is 1.57 bits per heavy atom. The predicted molar refractivity (Wildman–Crippen MR) is 142 cm³/mol. The number of carbonyl (C=O) groups excluding carboxylic acids is 2. The molecular weight excluding hydrogens is 473 g/mol. The van der Waals surface area contributed by atoms with E-state index in [-0.39, 0.29) is 12.0 Å². The van der Waals surface area contributed by atoms with Gasteiger partial charge in [0, 0.05) is 36.3 Å². The zero-order valence-electron chi connectivity index (χ0n) is 23.8. The van der Waals surface area contributed by atoms with Gasteiger partial charge in [0.1, 0.15) is 16.8 Å². The molecule has 1 amide bonds. The van der Waals surface area contributed by atoms with Crippen molar-refractivity contribution in [3.8, 4) is 0 Å². The highest BCUT2D eigenvalue weighted by Crippen LogP contribution is 2.38. The van der Waals surface area contributed by atoms with Crippen LogP contribution in [0.15, 0.2) is 18.3 Å². The minimum atomic E-state index is -0.688. The largest absolute Gasteiger partial charge is 0.495 e. The number of amides is 1. The number of hydrogen-bond acceptors (Lipinski definition) is 7. The molecule has 0 spiro atoms. The molecule has 0 N–H and O–H groups in total. The van der Waals surface area contributed by atoms with E-state index in [2.05, 4.69) is 4.98 Å². The van der Waals surface area contributed by atoms with Gasteiger partial charge < -0.3 is 23.7 Å². The molecule has 4 heterocycles. The number of ether oxygens (including phenoxy) is 2. The van der Waals surface area contributed by atoms with E-state index >= 15 is 0 Å². The first-order valence-corrected chi connectivity index (χ1v) is 13.0. The fourth-order valence-electron chi connectivity index (χ4n) is 4.61. The third-order valence-corrected chi connectivity index (χ3v) is 7.11. The Morgan fingerprint density at radius 3 is 2.14 bits per heavy atom. The first kappa shape index (κ1) is 27.4. The second kappa shape index (κ2) is 9.01. The standard InChI is InChI=1S/C27H40BN3O6/c1-24(2,3)34-22(32)30-14-12-17(16-30)20-15-18-19(28-36-26(7,8)27(9,10)37-28)11-13-29-21(18)31(20)23(33)35-25(4,5)6/h11,13,15,17H,12,14,16H2,1-10H3. The van der Waals surface area contributed by atoms with Gasteiger partial charge in [-0.2, -0.15) is 0 Å². The third-order valence-electron chi connectivity index (χ3n) is 7.11. The topological polar surface area (TPSA) is 92.1 Å². The van der Waals surface area contributed by atoms with Crippen molar-refractivity contribution in [3.63, 3.8) is 0 Å². The van der Waals surface area contributed by atoms with Crippen LogP contribution < -0.4 is 5.46 Å². The van der Waals surface area contributed by atoms with E-state index in [4.69, 9.17) is 18.8 Å². The van der Waals surface area contributed by atoms with E-state index in [1.807, 2.05) is 81.4 Å². The highest BCUT2D eigenvalue weighted by molar-refractivity contribution is 6.65. The molecule has 0 aliphatic carbocycles. The van der Waals surface area contributed by atoms with Crippen molar-refractivity contribution < 1.29 is 28.4 Å². The Hall–Kier alpha value is -2.59. The summed E-state index contributed by atoms with van der Waals surface area (Å²) in [6, 6.07) is 3.84. The predicted octanol–water partition coefficient (Wildman–Crippen LogP) is 4.84. The first-order valence-electron chi connectivity index (χ1n) is 13.0. The van der Waals surface area contributed by atoms with Gasteiger partial charge in [0.2, 0.25) is 0 Å². The van der Waals surface area contributed by atoms with Crippen molar-refractivity contribution in [1.82, 2.24) is 14.5 Å². The summed E-state index contributed by atoms with van der Waals surface area (Å²) in [5.41, 5.74) is -0.269. The fourth-order valence-corrected chi connectivity index (χ4v) is 4.61. The molecule has 4 rings (SSSR count). The lowest BCUT2D eigenvalue weighted by atomic mass is 9.77. The van der Waals surface area contributed by atoms with Gasteiger partial charge in [-0.15, -0.1) is 0 Å². The summed E-state index contributed by atoms with van der Waals surface area (Å²) < 4.78 is 25.5. The van der Waals surface area contributed by atoms with E-state index in [1.165, 1.54) is 0 Å². The molecule has 2 aromatic heterocycles. The molecule has 10 heteroatoms. The quantitative estimate of drug-likeness (QED) is 0.531.